The first-order valence-electron chi connectivity index (χ1n) is 7.10. The minimum Gasteiger partial charge on any atom is -0.486 e. The van der Waals surface area contributed by atoms with Crippen LogP contribution < -0.4 is 23.7 Å². The average molecular weight is 316 g/mol. The molecule has 0 aliphatic carbocycles. The van der Waals surface area contributed by atoms with Gasteiger partial charge in [-0.05, 0) is 0 Å². The quantitative estimate of drug-likeness (QED) is 0.633. The predicted octanol–water partition coefficient (Wildman–Crippen LogP) is 3.49. The standard InChI is InChI=1S/C16H12O5S/c1-3-19-11-7-15-13(5-9(11)17-1)21-14-6-10-12(8-16(14)22-15)20-4-2-18-10/h5-8H,1-4H2. The van der Waals surface area contributed by atoms with Crippen LogP contribution in [0.1, 0.15) is 0 Å². The summed E-state index contributed by atoms with van der Waals surface area (Å²) in [5, 5.41) is 0. The summed E-state index contributed by atoms with van der Waals surface area (Å²) >= 11 is 1.63. The zero-order valence-electron chi connectivity index (χ0n) is 11.6. The van der Waals surface area contributed by atoms with Gasteiger partial charge in [0.15, 0.2) is 23.0 Å². The lowest BCUT2D eigenvalue weighted by atomic mass is 10.2. The minimum absolute atomic E-state index is 0.564. The molecule has 22 heavy (non-hydrogen) atoms. The van der Waals surface area contributed by atoms with E-state index in [1.165, 1.54) is 0 Å². The van der Waals surface area contributed by atoms with Gasteiger partial charge in [-0.3, -0.25) is 0 Å². The van der Waals surface area contributed by atoms with Crippen LogP contribution in [0.4, 0.5) is 0 Å². The first-order valence-corrected chi connectivity index (χ1v) is 7.91. The van der Waals surface area contributed by atoms with E-state index in [1.54, 1.807) is 11.8 Å². The van der Waals surface area contributed by atoms with Gasteiger partial charge in [0.25, 0.3) is 0 Å². The van der Waals surface area contributed by atoms with Gasteiger partial charge in [0.05, 0.1) is 9.79 Å². The Morgan fingerprint density at radius 3 is 1.41 bits per heavy atom. The van der Waals surface area contributed by atoms with Crippen molar-refractivity contribution in [1.29, 1.82) is 0 Å². The lowest BCUT2D eigenvalue weighted by Gasteiger charge is -2.26. The maximum atomic E-state index is 6.02. The number of ether oxygens (including phenoxy) is 5. The highest BCUT2D eigenvalue weighted by molar-refractivity contribution is 7.99. The minimum atomic E-state index is 0.564. The summed E-state index contributed by atoms with van der Waals surface area (Å²) in [5.74, 6) is 4.54. The largest absolute Gasteiger partial charge is 0.486 e. The van der Waals surface area contributed by atoms with E-state index < -0.39 is 0 Å². The molecule has 0 spiro atoms. The third kappa shape index (κ3) is 1.87. The lowest BCUT2D eigenvalue weighted by molar-refractivity contribution is 0.169. The van der Waals surface area contributed by atoms with Gasteiger partial charge >= 0.3 is 0 Å². The van der Waals surface area contributed by atoms with Gasteiger partial charge in [-0.2, -0.15) is 0 Å². The molecule has 112 valence electrons. The third-order valence-corrected chi connectivity index (χ3v) is 4.73. The molecule has 0 N–H and O–H groups in total. The Bertz CT molecular complexity index is 646. The topological polar surface area (TPSA) is 46.2 Å². The van der Waals surface area contributed by atoms with Crippen LogP contribution >= 0.6 is 11.8 Å². The highest BCUT2D eigenvalue weighted by atomic mass is 32.2. The molecule has 5 nitrogen and oxygen atoms in total. The number of benzene rings is 2. The van der Waals surface area contributed by atoms with Crippen molar-refractivity contribution in [2.24, 2.45) is 0 Å². The van der Waals surface area contributed by atoms with Crippen molar-refractivity contribution in [3.63, 3.8) is 0 Å². The molecule has 2 aromatic rings. The lowest BCUT2D eigenvalue weighted by Crippen LogP contribution is -2.16. The van der Waals surface area contributed by atoms with Crippen molar-refractivity contribution in [2.45, 2.75) is 9.79 Å². The molecule has 0 radical (unpaired) electrons. The maximum absolute atomic E-state index is 6.02. The van der Waals surface area contributed by atoms with E-state index in [0.717, 1.165) is 44.3 Å². The van der Waals surface area contributed by atoms with Crippen LogP contribution in [-0.4, -0.2) is 26.4 Å². The molecule has 0 unspecified atom stereocenters. The molecule has 0 fully saturated rings. The smallest absolute Gasteiger partial charge is 0.165 e. The van der Waals surface area contributed by atoms with E-state index in [2.05, 4.69) is 0 Å². The molecule has 0 aromatic heterocycles. The second-order valence-corrected chi connectivity index (χ2v) is 6.17. The van der Waals surface area contributed by atoms with Crippen molar-refractivity contribution in [2.75, 3.05) is 26.4 Å². The molecule has 3 heterocycles. The summed E-state index contributed by atoms with van der Waals surface area (Å²) in [4.78, 5) is 2.02. The van der Waals surface area contributed by atoms with E-state index in [-0.39, 0.29) is 0 Å². The molecular formula is C16H12O5S. The Hall–Kier alpha value is -2.21. The number of rotatable bonds is 0. The molecule has 6 heteroatoms. The van der Waals surface area contributed by atoms with E-state index in [9.17, 15) is 0 Å². The highest BCUT2D eigenvalue weighted by Crippen LogP contribution is 2.53. The van der Waals surface area contributed by atoms with Crippen LogP contribution in [0.25, 0.3) is 0 Å². The summed E-state index contributed by atoms with van der Waals surface area (Å²) in [5.41, 5.74) is 0. The van der Waals surface area contributed by atoms with Crippen molar-refractivity contribution in [3.8, 4) is 34.5 Å². The summed E-state index contributed by atoms with van der Waals surface area (Å²) in [6, 6.07) is 7.70. The van der Waals surface area contributed by atoms with E-state index in [1.807, 2.05) is 24.3 Å². The fraction of sp³-hybridized carbons (Fsp3) is 0.250. The van der Waals surface area contributed by atoms with E-state index in [4.69, 9.17) is 23.7 Å². The van der Waals surface area contributed by atoms with Crippen LogP contribution in [0, 0.1) is 0 Å². The molecule has 0 amide bonds. The van der Waals surface area contributed by atoms with Crippen LogP contribution in [0.3, 0.4) is 0 Å². The Morgan fingerprint density at radius 1 is 0.545 bits per heavy atom. The van der Waals surface area contributed by atoms with E-state index in [0.29, 0.717) is 26.4 Å². The summed E-state index contributed by atoms with van der Waals surface area (Å²) in [6.45, 7) is 2.28. The van der Waals surface area contributed by atoms with Gasteiger partial charge in [-0.15, -0.1) is 0 Å². The Kier molecular flexibility index (Phi) is 2.61. The van der Waals surface area contributed by atoms with Crippen LogP contribution in [0.15, 0.2) is 34.1 Å². The molecule has 2 aromatic carbocycles. The van der Waals surface area contributed by atoms with Crippen molar-refractivity contribution in [3.05, 3.63) is 24.3 Å². The zero-order valence-corrected chi connectivity index (χ0v) is 12.4. The zero-order chi connectivity index (χ0) is 14.5. The summed E-state index contributed by atoms with van der Waals surface area (Å²) in [6.07, 6.45) is 0. The normalized spacial score (nSPS) is 17.1. The summed E-state index contributed by atoms with van der Waals surface area (Å²) in [7, 11) is 0. The SMILES string of the molecule is c1c2c(cc3c1Oc1cc4c(cc1S3)OCCO4)OCCO2. The van der Waals surface area contributed by atoms with Gasteiger partial charge in [0.1, 0.15) is 37.9 Å². The van der Waals surface area contributed by atoms with Gasteiger partial charge in [0, 0.05) is 24.3 Å². The van der Waals surface area contributed by atoms with Crippen LogP contribution in [0.2, 0.25) is 0 Å². The third-order valence-electron chi connectivity index (χ3n) is 3.66. The number of hydrogen-bond donors (Lipinski definition) is 0. The molecule has 5 rings (SSSR count). The molecule has 0 bridgehead atoms. The van der Waals surface area contributed by atoms with Crippen molar-refractivity contribution < 1.29 is 23.7 Å². The first-order chi connectivity index (χ1) is 10.9. The predicted molar refractivity (Wildman–Crippen MR) is 79.1 cm³/mol. The van der Waals surface area contributed by atoms with Gasteiger partial charge in [0.2, 0.25) is 0 Å². The Morgan fingerprint density at radius 2 is 0.955 bits per heavy atom. The molecule has 0 saturated carbocycles. The fourth-order valence-electron chi connectivity index (χ4n) is 2.66. The monoisotopic (exact) mass is 316 g/mol. The number of fused-ring (bicyclic) bond motifs is 4. The molecule has 3 aliphatic rings. The number of hydrogen-bond acceptors (Lipinski definition) is 6. The fourth-order valence-corrected chi connectivity index (χ4v) is 3.63. The van der Waals surface area contributed by atoms with Gasteiger partial charge in [-0.25, -0.2) is 0 Å². The van der Waals surface area contributed by atoms with Crippen LogP contribution in [0.5, 0.6) is 34.5 Å². The Balaban J connectivity index is 1.58. The van der Waals surface area contributed by atoms with Crippen molar-refractivity contribution in [1.82, 2.24) is 0 Å². The average Bonchev–Trinajstić information content (AvgIpc) is 2.56. The second kappa shape index (κ2) is 4.64. The van der Waals surface area contributed by atoms with Crippen molar-refractivity contribution >= 4 is 11.8 Å². The first kappa shape index (κ1) is 12.3. The molecule has 0 atom stereocenters. The Labute approximate surface area is 131 Å². The van der Waals surface area contributed by atoms with Gasteiger partial charge in [-0.1, -0.05) is 11.8 Å². The van der Waals surface area contributed by atoms with Gasteiger partial charge < -0.3 is 23.7 Å². The van der Waals surface area contributed by atoms with Crippen LogP contribution in [-0.2, 0) is 0 Å². The highest BCUT2D eigenvalue weighted by Gasteiger charge is 2.25. The molecule has 3 aliphatic heterocycles. The molecule has 0 saturated heterocycles. The maximum Gasteiger partial charge on any atom is 0.165 e. The van der Waals surface area contributed by atoms with E-state index >= 15 is 0 Å². The second-order valence-electron chi connectivity index (χ2n) is 5.09. The molecular weight excluding hydrogens is 304 g/mol. The summed E-state index contributed by atoms with van der Waals surface area (Å²) < 4.78 is 28.5.